The Kier molecular flexibility index (Phi) is 18.0. The van der Waals surface area contributed by atoms with Crippen molar-refractivity contribution in [1.82, 2.24) is 53.2 Å². The van der Waals surface area contributed by atoms with Crippen LogP contribution in [-0.4, -0.2) is 53.2 Å². The molecule has 0 bridgehead atoms. The lowest BCUT2D eigenvalue weighted by atomic mass is 9.99. The van der Waals surface area contributed by atoms with Gasteiger partial charge in [-0.1, -0.05) is 382 Å². The number of hydrogen-bond acceptors (Lipinski definition) is 10. The summed E-state index contributed by atoms with van der Waals surface area (Å²) in [5.41, 5.74) is 20.3. The molecule has 0 saturated heterocycles. The van der Waals surface area contributed by atoms with Crippen LogP contribution in [0.25, 0.3) is 271 Å². The van der Waals surface area contributed by atoms with Crippen LogP contribution in [-0.2, 0) is 0 Å². The van der Waals surface area contributed by atoms with Crippen LogP contribution in [0.3, 0.4) is 0 Å². The Labute approximate surface area is 794 Å². The van der Waals surface area contributed by atoms with Crippen LogP contribution in [0.4, 0.5) is 0 Å². The molecule has 14 heteroatoms. The molecule has 0 spiro atoms. The first-order valence-corrected chi connectivity index (χ1v) is 48.5. The fourth-order valence-corrected chi connectivity index (χ4v) is 24.9. The van der Waals surface area contributed by atoms with Gasteiger partial charge in [0.1, 0.15) is 0 Å². The summed E-state index contributed by atoms with van der Waals surface area (Å²) >= 11 is 5.50. The van der Waals surface area contributed by atoms with Gasteiger partial charge >= 0.3 is 0 Å². The van der Waals surface area contributed by atoms with Crippen LogP contribution in [0.15, 0.2) is 443 Å². The molecule has 0 amide bonds. The molecule has 0 atom stereocenters. The highest BCUT2D eigenvalue weighted by molar-refractivity contribution is 7.27. The maximum atomic E-state index is 5.43. The van der Waals surface area contributed by atoms with Gasteiger partial charge in [-0.2, -0.15) is 9.97 Å². The van der Waals surface area contributed by atoms with E-state index >= 15 is 0 Å². The van der Waals surface area contributed by atoms with E-state index in [1.165, 1.54) is 126 Å². The summed E-state index contributed by atoms with van der Waals surface area (Å²) in [5.74, 6) is 3.21. The van der Waals surface area contributed by atoms with Crippen molar-refractivity contribution in [2.45, 2.75) is 0 Å². The van der Waals surface area contributed by atoms with Gasteiger partial charge < -0.3 is 4.57 Å². The SMILES string of the molecule is c1ccc(-c2ccc(-c3nc(-c4ccccc4)nc(-n4c5ccccc5c5ccc6c7ccccc7n(-c7ccccc7)c6c54)n3)cc2)cc1.c1ccc(-c2nc(-n3c4ccccc4c4c5ccccc5c5c6ccccc6sc5c43)nc3c2ccc2ccccc23)cc1.c1ccc(-c2nc(-n3c4ccccc4c4c5ccccc5c5c6ccccc6sc5c43)nc3c2sc2ccccc23)cc1. The predicted octanol–water partition coefficient (Wildman–Crippen LogP) is 33.3. The second kappa shape index (κ2) is 31.6. The van der Waals surface area contributed by atoms with Gasteiger partial charge in [-0.3, -0.25) is 13.7 Å². The molecule has 0 aliphatic heterocycles. The lowest BCUT2D eigenvalue weighted by Gasteiger charge is -2.14. The second-order valence-electron chi connectivity index (χ2n) is 34.8. The lowest BCUT2D eigenvalue weighted by Crippen LogP contribution is -2.07. The molecule has 20 aromatic carbocycles. The number of fused-ring (bicyclic) bond motifs is 33. The zero-order valence-corrected chi connectivity index (χ0v) is 75.7. The van der Waals surface area contributed by atoms with E-state index in [1.54, 1.807) is 11.3 Å². The molecule has 0 saturated carbocycles. The van der Waals surface area contributed by atoms with E-state index in [1.807, 2.05) is 46.9 Å². The number of nitrogens with zero attached hydrogens (tertiary/aromatic N) is 11. The summed E-state index contributed by atoms with van der Waals surface area (Å²) in [6.07, 6.45) is 0. The van der Waals surface area contributed by atoms with Crippen molar-refractivity contribution >= 4 is 225 Å². The fraction of sp³-hybridized carbons (Fsp3) is 0. The van der Waals surface area contributed by atoms with E-state index in [2.05, 4.69) is 437 Å². The third-order valence-corrected chi connectivity index (χ3v) is 30.7. The molecule has 0 unspecified atom stereocenters. The number of rotatable bonds is 9. The fourth-order valence-electron chi connectivity index (χ4n) is 21.2. The summed E-state index contributed by atoms with van der Waals surface area (Å²) in [7, 11) is 0. The van der Waals surface area contributed by atoms with Crippen molar-refractivity contribution in [3.8, 4) is 79.9 Å². The third-order valence-electron chi connectivity index (χ3n) is 27.2. The molecular formula is C123H73N11S3. The molecule has 0 radical (unpaired) electrons. The summed E-state index contributed by atoms with van der Waals surface area (Å²) < 4.78 is 16.7. The standard InChI is InChI=1S/C45H29N5.C40H23N3S.C38H21N3S2/c1-4-14-30(15-5-1)31-24-26-33(27-25-31)44-46-43(32-16-6-2-7-17-32)47-45(48-44)50-40-23-13-11-21-36(40)38-29-28-37-35-20-10-12-22-39(35)49(41(37)42(38)50)34-18-8-3-9-19-34;1-2-13-25(14-3-1)36-31-23-22-24-12-4-5-15-26(24)37(31)42-40(41-36)43-32-20-10-8-18-29(32)34-27-16-6-7-17-28(27)35-30-19-9-11-21-33(30)44-39(35)38(34)43;1-2-12-22(13-3-1)33-37-34(27-18-8-11-21-30(27)43-37)40-38(39-33)41-28-19-9-6-16-25(28)31-23-14-4-5-15-24(23)32-26-17-7-10-20-29(26)42-36(32)35(31)41/h1-29H;1-23H;1-21H. The average Bonchev–Trinajstić information content (AvgIpc) is 1.55. The van der Waals surface area contributed by atoms with Crippen molar-refractivity contribution in [1.29, 1.82) is 0 Å². The highest BCUT2D eigenvalue weighted by atomic mass is 32.1. The molecule has 638 valence electrons. The normalized spacial score (nSPS) is 11.9. The highest BCUT2D eigenvalue weighted by Crippen LogP contribution is 2.52. The van der Waals surface area contributed by atoms with Crippen molar-refractivity contribution < 1.29 is 0 Å². The Morgan fingerprint density at radius 2 is 0.496 bits per heavy atom. The molecule has 10 aromatic heterocycles. The third kappa shape index (κ3) is 12.4. The van der Waals surface area contributed by atoms with Crippen LogP contribution < -0.4 is 0 Å². The minimum absolute atomic E-state index is 0.574. The number of benzene rings is 20. The Hall–Kier alpha value is -17.5. The van der Waals surface area contributed by atoms with Gasteiger partial charge in [0.2, 0.25) is 17.8 Å². The van der Waals surface area contributed by atoms with Crippen molar-refractivity contribution in [3.05, 3.63) is 443 Å². The van der Waals surface area contributed by atoms with Gasteiger partial charge in [-0.05, 0) is 98.7 Å². The van der Waals surface area contributed by atoms with E-state index in [-0.39, 0.29) is 0 Å². The number of hydrogen-bond donors (Lipinski definition) is 0. The summed E-state index contributed by atoms with van der Waals surface area (Å²) in [5, 5.41) is 24.4. The van der Waals surface area contributed by atoms with Crippen molar-refractivity contribution in [2.24, 2.45) is 0 Å². The topological polar surface area (TPSA) is 110 Å². The van der Waals surface area contributed by atoms with Crippen LogP contribution >= 0.6 is 34.0 Å². The van der Waals surface area contributed by atoms with E-state index in [0.29, 0.717) is 29.5 Å². The molecule has 0 fully saturated rings. The molecule has 30 aromatic rings. The van der Waals surface area contributed by atoms with E-state index < -0.39 is 0 Å². The van der Waals surface area contributed by atoms with Gasteiger partial charge in [0.05, 0.1) is 80.7 Å². The molecular weight excluding hydrogens is 1730 g/mol. The smallest absolute Gasteiger partial charge is 0.238 e. The van der Waals surface area contributed by atoms with Crippen LogP contribution in [0.1, 0.15) is 0 Å². The summed E-state index contributed by atoms with van der Waals surface area (Å²) in [4.78, 5) is 37.2. The monoisotopic (exact) mass is 1800 g/mol. The molecule has 10 heterocycles. The molecule has 30 rings (SSSR count). The molecule has 0 N–H and O–H groups in total. The minimum Gasteiger partial charge on any atom is -0.307 e. The molecule has 137 heavy (non-hydrogen) atoms. The predicted molar refractivity (Wildman–Crippen MR) is 577 cm³/mol. The first-order chi connectivity index (χ1) is 68.0. The first-order valence-electron chi connectivity index (χ1n) is 46.0. The van der Waals surface area contributed by atoms with Gasteiger partial charge in [0.15, 0.2) is 11.6 Å². The van der Waals surface area contributed by atoms with Crippen LogP contribution in [0.5, 0.6) is 0 Å². The van der Waals surface area contributed by atoms with Crippen LogP contribution in [0.2, 0.25) is 0 Å². The Bertz CT molecular complexity index is 10200. The zero-order valence-electron chi connectivity index (χ0n) is 73.3. The van der Waals surface area contributed by atoms with Gasteiger partial charge in [-0.25, -0.2) is 24.9 Å². The van der Waals surface area contributed by atoms with Crippen molar-refractivity contribution in [2.75, 3.05) is 0 Å². The van der Waals surface area contributed by atoms with Crippen molar-refractivity contribution in [3.63, 3.8) is 0 Å². The van der Waals surface area contributed by atoms with E-state index in [0.717, 1.165) is 115 Å². The van der Waals surface area contributed by atoms with E-state index in [4.69, 9.17) is 34.9 Å². The molecule has 0 aliphatic rings. The van der Waals surface area contributed by atoms with Gasteiger partial charge in [-0.15, -0.1) is 34.0 Å². The largest absolute Gasteiger partial charge is 0.307 e. The first kappa shape index (κ1) is 78.2. The maximum absolute atomic E-state index is 5.43. The maximum Gasteiger partial charge on any atom is 0.238 e. The minimum atomic E-state index is 0.574. The molecule has 11 nitrogen and oxygen atoms in total. The van der Waals surface area contributed by atoms with Crippen LogP contribution in [0, 0.1) is 0 Å². The number of aromatic nitrogens is 11. The zero-order chi connectivity index (χ0) is 89.9. The summed E-state index contributed by atoms with van der Waals surface area (Å²) in [6, 6.07) is 157. The Morgan fingerprint density at radius 1 is 0.168 bits per heavy atom. The van der Waals surface area contributed by atoms with Gasteiger partial charge in [0, 0.05) is 123 Å². The van der Waals surface area contributed by atoms with Gasteiger partial charge in [0.25, 0.3) is 0 Å². The van der Waals surface area contributed by atoms with E-state index in [9.17, 15) is 0 Å². The lowest BCUT2D eigenvalue weighted by molar-refractivity contribution is 0.953. The molecule has 0 aliphatic carbocycles. The number of thiophene rings is 3. The summed E-state index contributed by atoms with van der Waals surface area (Å²) in [6.45, 7) is 0. The quantitative estimate of drug-likeness (QED) is 0.132. The highest BCUT2D eigenvalue weighted by Gasteiger charge is 2.30. The Morgan fingerprint density at radius 3 is 1.02 bits per heavy atom. The average molecular weight is 1800 g/mol. The second-order valence-corrected chi connectivity index (χ2v) is 37.9. The number of para-hydroxylation sites is 5. The Balaban J connectivity index is 0.000000102.